The summed E-state index contributed by atoms with van der Waals surface area (Å²) in [4.78, 5) is 24.1. The highest BCUT2D eigenvalue weighted by atomic mass is 16.5. The number of ether oxygens (including phenoxy) is 2. The average Bonchev–Trinajstić information content (AvgIpc) is 2.49. The molecule has 0 spiro atoms. The topological polar surface area (TPSA) is 52.6 Å². The predicted molar refractivity (Wildman–Crippen MR) is 88.6 cm³/mol. The second-order valence-electron chi connectivity index (χ2n) is 6.95. The van der Waals surface area contributed by atoms with E-state index in [4.69, 9.17) is 9.47 Å². The van der Waals surface area contributed by atoms with Crippen molar-refractivity contribution in [3.05, 3.63) is 35.1 Å². The number of hydrogen-bond donors (Lipinski definition) is 0. The molecule has 4 nitrogen and oxygen atoms in total. The van der Waals surface area contributed by atoms with E-state index in [1.165, 1.54) is 25.0 Å². The number of fused-ring (bicyclic) bond motifs is 1. The van der Waals surface area contributed by atoms with Gasteiger partial charge in [0.1, 0.15) is 6.10 Å². The largest absolute Gasteiger partial charge is 0.504 e. The summed E-state index contributed by atoms with van der Waals surface area (Å²) in [5.74, 6) is -0.0814. The zero-order valence-corrected chi connectivity index (χ0v) is 14.6. The van der Waals surface area contributed by atoms with Gasteiger partial charge in [-0.15, -0.1) is 0 Å². The van der Waals surface area contributed by atoms with E-state index in [1.54, 1.807) is 0 Å². The van der Waals surface area contributed by atoms with Crippen LogP contribution in [0.5, 0.6) is 0 Å². The van der Waals surface area contributed by atoms with Crippen molar-refractivity contribution < 1.29 is 19.1 Å². The predicted octanol–water partition coefficient (Wildman–Crippen LogP) is 3.73. The molecule has 0 aliphatic heterocycles. The third kappa shape index (κ3) is 3.41. The van der Waals surface area contributed by atoms with E-state index in [0.717, 1.165) is 30.4 Å². The van der Waals surface area contributed by atoms with Crippen molar-refractivity contribution in [3.8, 4) is 0 Å². The molecule has 0 saturated heterocycles. The lowest BCUT2D eigenvalue weighted by atomic mass is 9.58. The van der Waals surface area contributed by atoms with Gasteiger partial charge in [0.25, 0.3) is 0 Å². The van der Waals surface area contributed by atoms with E-state index in [9.17, 15) is 9.59 Å². The van der Waals surface area contributed by atoms with E-state index < -0.39 is 0 Å². The first-order valence-electron chi connectivity index (χ1n) is 8.11. The highest BCUT2D eigenvalue weighted by Gasteiger charge is 2.47. The second-order valence-corrected chi connectivity index (χ2v) is 6.95. The minimum Gasteiger partial charge on any atom is -0.504 e. The molecule has 0 aromatic rings. The van der Waals surface area contributed by atoms with E-state index >= 15 is 0 Å². The zero-order valence-electron chi connectivity index (χ0n) is 14.6. The molecule has 0 unspecified atom stereocenters. The lowest BCUT2D eigenvalue weighted by molar-refractivity contribution is -0.149. The fourth-order valence-corrected chi connectivity index (χ4v) is 3.64. The fourth-order valence-electron chi connectivity index (χ4n) is 3.64. The second kappa shape index (κ2) is 6.73. The molecule has 1 saturated carbocycles. The van der Waals surface area contributed by atoms with Crippen LogP contribution in [0.2, 0.25) is 0 Å². The Morgan fingerprint density at radius 3 is 2.70 bits per heavy atom. The van der Waals surface area contributed by atoms with Crippen molar-refractivity contribution >= 4 is 11.8 Å². The van der Waals surface area contributed by atoms with Crippen LogP contribution >= 0.6 is 0 Å². The van der Waals surface area contributed by atoms with Crippen molar-refractivity contribution in [2.45, 2.75) is 53.1 Å². The summed E-state index contributed by atoms with van der Waals surface area (Å²) in [6.45, 7) is 8.26. The highest BCUT2D eigenvalue weighted by Crippen LogP contribution is 2.52. The normalized spacial score (nSPS) is 30.7. The molecule has 2 rings (SSSR count). The Balaban J connectivity index is 2.23. The Bertz CT molecular complexity index is 592. The Kier molecular flexibility index (Phi) is 5.12. The number of carbonyl (C=O) groups is 2. The Hall–Kier alpha value is -1.84. The SMILES string of the molecule is CO/C=C\C(=O)O[C@@H]1CCC2=CC(=O)C(=C(C)C)C[C@]2(C)[C@H]1C. The first kappa shape index (κ1) is 17.5. The van der Waals surface area contributed by atoms with Crippen LogP contribution in [-0.2, 0) is 19.1 Å². The number of rotatable bonds is 3. The highest BCUT2D eigenvalue weighted by molar-refractivity contribution is 6.06. The summed E-state index contributed by atoms with van der Waals surface area (Å²) in [5.41, 5.74) is 3.03. The molecule has 1 fully saturated rings. The number of esters is 1. The standard InChI is InChI=1S/C19H26O4/c1-12(2)15-11-19(4)13(3)17(23-18(21)8-9-22-5)7-6-14(19)10-16(15)20/h8-10,13,17H,6-7,11H2,1-5H3/b9-8-/t13-,17+,19+/m0/s1. The number of methoxy groups -OCH3 is 1. The maximum atomic E-state index is 12.3. The number of allylic oxidation sites excluding steroid dienone is 4. The van der Waals surface area contributed by atoms with E-state index in [-0.39, 0.29) is 29.2 Å². The third-order valence-corrected chi connectivity index (χ3v) is 5.35. The monoisotopic (exact) mass is 318 g/mol. The van der Waals surface area contributed by atoms with E-state index in [1.807, 2.05) is 19.9 Å². The molecule has 3 atom stereocenters. The molecular formula is C19H26O4. The third-order valence-electron chi connectivity index (χ3n) is 5.35. The summed E-state index contributed by atoms with van der Waals surface area (Å²) in [7, 11) is 1.49. The smallest absolute Gasteiger partial charge is 0.334 e. The number of hydrogen-bond acceptors (Lipinski definition) is 4. The van der Waals surface area contributed by atoms with Crippen molar-refractivity contribution in [3.63, 3.8) is 0 Å². The molecule has 4 heteroatoms. The van der Waals surface area contributed by atoms with Crippen LogP contribution in [0.25, 0.3) is 0 Å². The van der Waals surface area contributed by atoms with Crippen LogP contribution in [0.4, 0.5) is 0 Å². The summed E-state index contributed by atoms with van der Waals surface area (Å²) in [6, 6.07) is 0. The quantitative estimate of drug-likeness (QED) is 0.452. The van der Waals surface area contributed by atoms with Crippen molar-refractivity contribution in [1.29, 1.82) is 0 Å². The van der Waals surface area contributed by atoms with Crippen molar-refractivity contribution in [1.82, 2.24) is 0 Å². The summed E-state index contributed by atoms with van der Waals surface area (Å²) >= 11 is 0. The molecule has 0 aromatic carbocycles. The molecular weight excluding hydrogens is 292 g/mol. The van der Waals surface area contributed by atoms with Gasteiger partial charge in [-0.05, 0) is 50.2 Å². The minimum atomic E-state index is -0.381. The molecule has 0 aromatic heterocycles. The van der Waals surface area contributed by atoms with Crippen LogP contribution in [0.1, 0.15) is 47.0 Å². The van der Waals surface area contributed by atoms with Gasteiger partial charge in [-0.1, -0.05) is 25.0 Å². The number of ketones is 1. The van der Waals surface area contributed by atoms with Crippen LogP contribution in [0, 0.1) is 11.3 Å². The Morgan fingerprint density at radius 2 is 2.09 bits per heavy atom. The maximum Gasteiger partial charge on any atom is 0.334 e. The first-order valence-corrected chi connectivity index (χ1v) is 8.11. The summed E-state index contributed by atoms with van der Waals surface area (Å²) < 4.78 is 10.4. The molecule has 0 radical (unpaired) electrons. The van der Waals surface area contributed by atoms with Gasteiger partial charge in [-0.25, -0.2) is 4.79 Å². The minimum absolute atomic E-state index is 0.130. The van der Waals surface area contributed by atoms with Gasteiger partial charge >= 0.3 is 5.97 Å². The van der Waals surface area contributed by atoms with Gasteiger partial charge in [0, 0.05) is 5.92 Å². The summed E-state index contributed by atoms with van der Waals surface area (Å²) in [5, 5.41) is 0. The summed E-state index contributed by atoms with van der Waals surface area (Å²) in [6.07, 6.45) is 6.57. The molecule has 23 heavy (non-hydrogen) atoms. The lowest BCUT2D eigenvalue weighted by Gasteiger charge is -2.48. The van der Waals surface area contributed by atoms with Crippen LogP contribution in [0.3, 0.4) is 0 Å². The molecule has 2 aliphatic carbocycles. The molecule has 0 amide bonds. The van der Waals surface area contributed by atoms with Gasteiger partial charge < -0.3 is 9.47 Å². The fraction of sp³-hybridized carbons (Fsp3) is 0.579. The Morgan fingerprint density at radius 1 is 1.39 bits per heavy atom. The van der Waals surface area contributed by atoms with E-state index in [0.29, 0.717) is 0 Å². The van der Waals surface area contributed by atoms with Crippen LogP contribution in [0.15, 0.2) is 35.1 Å². The lowest BCUT2D eigenvalue weighted by Crippen LogP contribution is -2.44. The van der Waals surface area contributed by atoms with E-state index in [2.05, 4.69) is 13.8 Å². The molecule has 126 valence electrons. The molecule has 0 bridgehead atoms. The van der Waals surface area contributed by atoms with Gasteiger partial charge in [0.2, 0.25) is 0 Å². The molecule has 2 aliphatic rings. The molecule has 0 heterocycles. The maximum absolute atomic E-state index is 12.3. The first-order chi connectivity index (χ1) is 10.8. The average molecular weight is 318 g/mol. The van der Waals surface area contributed by atoms with Gasteiger partial charge in [-0.3, -0.25) is 4.79 Å². The van der Waals surface area contributed by atoms with Gasteiger partial charge in [0.05, 0.1) is 19.4 Å². The van der Waals surface area contributed by atoms with Gasteiger partial charge in [-0.2, -0.15) is 0 Å². The van der Waals surface area contributed by atoms with Crippen LogP contribution < -0.4 is 0 Å². The molecule has 0 N–H and O–H groups in total. The van der Waals surface area contributed by atoms with Crippen molar-refractivity contribution in [2.75, 3.05) is 7.11 Å². The van der Waals surface area contributed by atoms with Crippen LogP contribution in [-0.4, -0.2) is 25.0 Å². The number of carbonyl (C=O) groups excluding carboxylic acids is 2. The van der Waals surface area contributed by atoms with Gasteiger partial charge in [0.15, 0.2) is 5.78 Å². The van der Waals surface area contributed by atoms with Crippen molar-refractivity contribution in [2.24, 2.45) is 11.3 Å². The zero-order chi connectivity index (χ0) is 17.2. The Labute approximate surface area is 138 Å².